The number of oxime groups is 1. The molecular formula is C17H14ClN3O2S. The van der Waals surface area contributed by atoms with Gasteiger partial charge in [0, 0.05) is 20.0 Å². The molecule has 0 aliphatic carbocycles. The lowest BCUT2D eigenvalue weighted by Gasteiger charge is -2.20. The standard InChI is InChI=1S/C17H14ClN3O2S/c1-21(10-12-4-2-3-11(7-12)9-19)17(22)14-8-13(20-23-14)15-5-6-16(18)24-15/h2-7,14H,8,10H2,1H3. The average molecular weight is 360 g/mol. The van der Waals surface area contributed by atoms with E-state index in [-0.39, 0.29) is 5.91 Å². The number of benzene rings is 1. The third-order valence-electron chi connectivity index (χ3n) is 3.65. The summed E-state index contributed by atoms with van der Waals surface area (Å²) in [6.45, 7) is 0.411. The molecule has 2 aromatic rings. The Bertz CT molecular complexity index is 840. The maximum atomic E-state index is 12.5. The van der Waals surface area contributed by atoms with Gasteiger partial charge in [0.1, 0.15) is 5.71 Å². The topological polar surface area (TPSA) is 65.7 Å². The summed E-state index contributed by atoms with van der Waals surface area (Å²) in [6, 6.07) is 13.0. The van der Waals surface area contributed by atoms with Crippen LogP contribution in [0.1, 0.15) is 22.4 Å². The first kappa shape index (κ1) is 16.5. The average Bonchev–Trinajstić information content (AvgIpc) is 3.23. The maximum Gasteiger partial charge on any atom is 0.266 e. The largest absolute Gasteiger partial charge is 0.382 e. The molecule has 0 bridgehead atoms. The van der Waals surface area contributed by atoms with E-state index >= 15 is 0 Å². The van der Waals surface area contributed by atoms with Crippen molar-refractivity contribution in [3.8, 4) is 6.07 Å². The fourth-order valence-corrected chi connectivity index (χ4v) is 3.49. The molecule has 3 rings (SSSR count). The van der Waals surface area contributed by atoms with Gasteiger partial charge in [-0.15, -0.1) is 11.3 Å². The Balaban J connectivity index is 1.62. The molecule has 7 heteroatoms. The molecule has 1 aromatic carbocycles. The molecule has 1 aliphatic heterocycles. The Hall–Kier alpha value is -2.36. The molecule has 5 nitrogen and oxygen atoms in total. The summed E-state index contributed by atoms with van der Waals surface area (Å²) in [4.78, 5) is 20.3. The van der Waals surface area contributed by atoms with Crippen LogP contribution in [0.5, 0.6) is 0 Å². The molecule has 1 atom stereocenters. The van der Waals surface area contributed by atoms with Crippen molar-refractivity contribution in [2.24, 2.45) is 5.16 Å². The van der Waals surface area contributed by atoms with E-state index in [2.05, 4.69) is 11.2 Å². The Kier molecular flexibility index (Phi) is 4.84. The van der Waals surface area contributed by atoms with Crippen LogP contribution >= 0.6 is 22.9 Å². The van der Waals surface area contributed by atoms with Crippen LogP contribution < -0.4 is 0 Å². The first-order chi connectivity index (χ1) is 11.6. The van der Waals surface area contributed by atoms with Crippen molar-refractivity contribution >= 4 is 34.6 Å². The molecule has 24 heavy (non-hydrogen) atoms. The minimum Gasteiger partial charge on any atom is -0.382 e. The molecule has 1 aromatic heterocycles. The molecule has 1 aliphatic rings. The van der Waals surface area contributed by atoms with Crippen LogP contribution in [0.4, 0.5) is 0 Å². The van der Waals surface area contributed by atoms with Gasteiger partial charge in [-0.3, -0.25) is 4.79 Å². The van der Waals surface area contributed by atoms with Crippen LogP contribution in [0, 0.1) is 11.3 Å². The maximum absolute atomic E-state index is 12.5. The van der Waals surface area contributed by atoms with Crippen molar-refractivity contribution in [2.75, 3.05) is 7.05 Å². The second kappa shape index (κ2) is 7.04. The first-order valence-electron chi connectivity index (χ1n) is 7.29. The summed E-state index contributed by atoms with van der Waals surface area (Å²) in [7, 11) is 1.71. The van der Waals surface area contributed by atoms with Crippen molar-refractivity contribution in [3.05, 3.63) is 56.7 Å². The molecular weight excluding hydrogens is 346 g/mol. The van der Waals surface area contributed by atoms with E-state index in [1.54, 1.807) is 36.2 Å². The number of rotatable bonds is 4. The number of hydrogen-bond acceptors (Lipinski definition) is 5. The highest BCUT2D eigenvalue weighted by Gasteiger charge is 2.31. The molecule has 1 amide bonds. The Morgan fingerprint density at radius 3 is 3.04 bits per heavy atom. The molecule has 0 saturated heterocycles. The van der Waals surface area contributed by atoms with Crippen molar-refractivity contribution < 1.29 is 9.63 Å². The van der Waals surface area contributed by atoms with Gasteiger partial charge in [-0.05, 0) is 29.8 Å². The molecule has 0 N–H and O–H groups in total. The molecule has 1 unspecified atom stereocenters. The zero-order chi connectivity index (χ0) is 17.1. The lowest BCUT2D eigenvalue weighted by Crippen LogP contribution is -2.36. The highest BCUT2D eigenvalue weighted by Crippen LogP contribution is 2.27. The Morgan fingerprint density at radius 1 is 1.50 bits per heavy atom. The van der Waals surface area contributed by atoms with Crippen LogP contribution in [0.15, 0.2) is 41.6 Å². The molecule has 0 radical (unpaired) electrons. The zero-order valence-corrected chi connectivity index (χ0v) is 14.5. The molecule has 0 spiro atoms. The second-order valence-electron chi connectivity index (χ2n) is 5.45. The van der Waals surface area contributed by atoms with Gasteiger partial charge < -0.3 is 9.74 Å². The minimum atomic E-state index is -0.620. The third-order valence-corrected chi connectivity index (χ3v) is 4.93. The Morgan fingerprint density at radius 2 is 2.33 bits per heavy atom. The van der Waals surface area contributed by atoms with E-state index in [0.717, 1.165) is 16.2 Å². The number of likely N-dealkylation sites (N-methyl/N-ethyl adjacent to an activating group) is 1. The quantitative estimate of drug-likeness (QED) is 0.840. The van der Waals surface area contributed by atoms with E-state index in [1.807, 2.05) is 12.1 Å². The lowest BCUT2D eigenvalue weighted by atomic mass is 10.1. The fourth-order valence-electron chi connectivity index (χ4n) is 2.46. The van der Waals surface area contributed by atoms with Crippen molar-refractivity contribution in [2.45, 2.75) is 19.1 Å². The van der Waals surface area contributed by atoms with Gasteiger partial charge in [0.05, 0.1) is 20.8 Å². The highest BCUT2D eigenvalue weighted by molar-refractivity contribution is 7.18. The SMILES string of the molecule is CN(Cc1cccc(C#N)c1)C(=O)C1CC(c2ccc(Cl)s2)=NO1. The Labute approximate surface area is 148 Å². The smallest absolute Gasteiger partial charge is 0.266 e. The van der Waals surface area contributed by atoms with Gasteiger partial charge in [-0.2, -0.15) is 5.26 Å². The van der Waals surface area contributed by atoms with E-state index in [0.29, 0.717) is 22.9 Å². The fraction of sp³-hybridized carbons (Fsp3) is 0.235. The summed E-state index contributed by atoms with van der Waals surface area (Å²) in [6.07, 6.45) is -0.192. The van der Waals surface area contributed by atoms with Crippen molar-refractivity contribution in [1.29, 1.82) is 5.26 Å². The molecule has 2 heterocycles. The third kappa shape index (κ3) is 3.58. The van der Waals surface area contributed by atoms with E-state index in [1.165, 1.54) is 11.3 Å². The van der Waals surface area contributed by atoms with Crippen LogP contribution in [0.3, 0.4) is 0 Å². The van der Waals surface area contributed by atoms with Gasteiger partial charge in [0.2, 0.25) is 6.10 Å². The van der Waals surface area contributed by atoms with Gasteiger partial charge >= 0.3 is 0 Å². The normalized spacial score (nSPS) is 16.2. The van der Waals surface area contributed by atoms with Gasteiger partial charge in [0.25, 0.3) is 5.91 Å². The molecule has 122 valence electrons. The number of hydrogen-bond donors (Lipinski definition) is 0. The van der Waals surface area contributed by atoms with E-state index in [4.69, 9.17) is 21.7 Å². The predicted octanol–water partition coefficient (Wildman–Crippen LogP) is 3.42. The van der Waals surface area contributed by atoms with E-state index < -0.39 is 6.10 Å². The van der Waals surface area contributed by atoms with Gasteiger partial charge in [0.15, 0.2) is 0 Å². The molecule has 0 saturated carbocycles. The van der Waals surface area contributed by atoms with Crippen LogP contribution in [-0.2, 0) is 16.2 Å². The van der Waals surface area contributed by atoms with Crippen molar-refractivity contribution in [3.63, 3.8) is 0 Å². The van der Waals surface area contributed by atoms with Crippen LogP contribution in [0.25, 0.3) is 0 Å². The zero-order valence-electron chi connectivity index (χ0n) is 12.9. The second-order valence-corrected chi connectivity index (χ2v) is 7.16. The predicted molar refractivity (Wildman–Crippen MR) is 93.0 cm³/mol. The summed E-state index contributed by atoms with van der Waals surface area (Å²) in [5, 5.41) is 13.0. The summed E-state index contributed by atoms with van der Waals surface area (Å²) in [5.41, 5.74) is 2.21. The number of halogens is 1. The number of nitriles is 1. The summed E-state index contributed by atoms with van der Waals surface area (Å²) in [5.74, 6) is -0.140. The molecule has 0 fully saturated rings. The van der Waals surface area contributed by atoms with Crippen LogP contribution in [0.2, 0.25) is 4.34 Å². The number of nitrogens with zero attached hydrogens (tertiary/aromatic N) is 3. The number of carbonyl (C=O) groups excluding carboxylic acids is 1. The number of thiophene rings is 1. The lowest BCUT2D eigenvalue weighted by molar-refractivity contribution is -0.141. The monoisotopic (exact) mass is 359 g/mol. The van der Waals surface area contributed by atoms with Gasteiger partial charge in [-0.25, -0.2) is 0 Å². The van der Waals surface area contributed by atoms with Crippen molar-refractivity contribution in [1.82, 2.24) is 4.90 Å². The summed E-state index contributed by atoms with van der Waals surface area (Å²) < 4.78 is 0.678. The highest BCUT2D eigenvalue weighted by atomic mass is 35.5. The minimum absolute atomic E-state index is 0.140. The summed E-state index contributed by atoms with van der Waals surface area (Å²) >= 11 is 7.34. The number of carbonyl (C=O) groups is 1. The van der Waals surface area contributed by atoms with E-state index in [9.17, 15) is 4.79 Å². The first-order valence-corrected chi connectivity index (χ1v) is 8.48. The number of amides is 1. The van der Waals surface area contributed by atoms with Crippen LogP contribution in [-0.4, -0.2) is 29.7 Å². The van der Waals surface area contributed by atoms with Gasteiger partial charge in [-0.1, -0.05) is 28.9 Å².